The second-order valence-corrected chi connectivity index (χ2v) is 4.98. The second-order valence-electron chi connectivity index (χ2n) is 4.54. The van der Waals surface area contributed by atoms with Crippen LogP contribution in [0.25, 0.3) is 0 Å². The summed E-state index contributed by atoms with van der Waals surface area (Å²) < 4.78 is 0. The Hall–Kier alpha value is -1.06. The molecule has 0 aliphatic heterocycles. The van der Waals surface area contributed by atoms with Crippen LogP contribution in [-0.2, 0) is 11.2 Å². The zero-order valence-electron chi connectivity index (χ0n) is 11.0. The average Bonchev–Trinajstić information content (AvgIpc) is 2.39. The van der Waals surface area contributed by atoms with Crippen molar-refractivity contribution in [1.82, 2.24) is 5.32 Å². The van der Waals surface area contributed by atoms with Crippen molar-refractivity contribution in [2.45, 2.75) is 38.6 Å². The highest BCUT2D eigenvalue weighted by atomic mass is 35.5. The molecule has 0 unspecified atom stereocenters. The Bertz CT molecular complexity index is 377. The maximum Gasteiger partial charge on any atom is 0.224 e. The van der Waals surface area contributed by atoms with E-state index in [-0.39, 0.29) is 11.4 Å². The van der Waals surface area contributed by atoms with Crippen molar-refractivity contribution in [3.05, 3.63) is 34.9 Å². The zero-order chi connectivity index (χ0) is 13.6. The summed E-state index contributed by atoms with van der Waals surface area (Å²) in [6.45, 7) is 4.55. The van der Waals surface area contributed by atoms with Crippen molar-refractivity contribution in [3.63, 3.8) is 0 Å². The second kappa shape index (κ2) is 6.76. The van der Waals surface area contributed by atoms with Crippen LogP contribution in [0.3, 0.4) is 0 Å². The van der Waals surface area contributed by atoms with Gasteiger partial charge < -0.3 is 11.1 Å². The molecule has 18 heavy (non-hydrogen) atoms. The van der Waals surface area contributed by atoms with Gasteiger partial charge >= 0.3 is 0 Å². The number of hydrogen-bond acceptors (Lipinski definition) is 2. The summed E-state index contributed by atoms with van der Waals surface area (Å²) in [6.07, 6.45) is 2.04. The van der Waals surface area contributed by atoms with Gasteiger partial charge in [0.15, 0.2) is 0 Å². The Labute approximate surface area is 114 Å². The lowest BCUT2D eigenvalue weighted by Gasteiger charge is -2.31. The van der Waals surface area contributed by atoms with Crippen molar-refractivity contribution >= 4 is 17.5 Å². The first kappa shape index (κ1) is 15.0. The van der Waals surface area contributed by atoms with Gasteiger partial charge in [0.2, 0.25) is 5.91 Å². The largest absolute Gasteiger partial charge is 0.349 e. The fourth-order valence-corrected chi connectivity index (χ4v) is 2.02. The van der Waals surface area contributed by atoms with E-state index in [2.05, 4.69) is 5.32 Å². The van der Waals surface area contributed by atoms with Crippen molar-refractivity contribution < 1.29 is 4.79 Å². The van der Waals surface area contributed by atoms with Crippen molar-refractivity contribution in [3.8, 4) is 0 Å². The molecule has 0 radical (unpaired) electrons. The summed E-state index contributed by atoms with van der Waals surface area (Å²) in [5, 5.41) is 3.72. The first-order chi connectivity index (χ1) is 8.55. The smallest absolute Gasteiger partial charge is 0.224 e. The summed E-state index contributed by atoms with van der Waals surface area (Å²) in [6, 6.07) is 7.31. The third kappa shape index (κ3) is 4.00. The van der Waals surface area contributed by atoms with Crippen molar-refractivity contribution in [1.29, 1.82) is 0 Å². The van der Waals surface area contributed by atoms with Crippen LogP contribution in [0.4, 0.5) is 0 Å². The van der Waals surface area contributed by atoms with Crippen LogP contribution in [0.1, 0.15) is 32.3 Å². The molecule has 0 saturated carbocycles. The third-order valence-electron chi connectivity index (χ3n) is 3.43. The standard InChI is InChI=1S/C14H21ClN2O/c1-3-14(4-2,10-16)17-13(18)9-11-5-7-12(15)8-6-11/h5-8H,3-4,9-10,16H2,1-2H3,(H,17,18). The molecule has 0 aromatic heterocycles. The topological polar surface area (TPSA) is 55.1 Å². The Balaban J connectivity index is 2.63. The number of hydrogen-bond donors (Lipinski definition) is 2. The SMILES string of the molecule is CCC(CC)(CN)NC(=O)Cc1ccc(Cl)cc1. The lowest BCUT2D eigenvalue weighted by Crippen LogP contribution is -2.53. The molecular formula is C14H21ClN2O. The number of carbonyl (C=O) groups excluding carboxylic acids is 1. The molecule has 3 N–H and O–H groups in total. The third-order valence-corrected chi connectivity index (χ3v) is 3.68. The van der Waals surface area contributed by atoms with E-state index in [0.717, 1.165) is 18.4 Å². The lowest BCUT2D eigenvalue weighted by molar-refractivity contribution is -0.122. The van der Waals surface area contributed by atoms with Crippen LogP contribution >= 0.6 is 11.6 Å². The van der Waals surface area contributed by atoms with Crippen LogP contribution in [0, 0.1) is 0 Å². The molecule has 0 aliphatic carbocycles. The molecule has 0 heterocycles. The maximum atomic E-state index is 12.0. The zero-order valence-corrected chi connectivity index (χ0v) is 11.8. The Kier molecular flexibility index (Phi) is 5.63. The number of amides is 1. The predicted octanol–water partition coefficient (Wildman–Crippen LogP) is 2.52. The fourth-order valence-electron chi connectivity index (χ4n) is 1.89. The number of nitrogens with one attached hydrogen (secondary N) is 1. The molecule has 1 amide bonds. The van der Waals surface area contributed by atoms with E-state index in [1.807, 2.05) is 26.0 Å². The summed E-state index contributed by atoms with van der Waals surface area (Å²) in [4.78, 5) is 12.0. The molecule has 100 valence electrons. The van der Waals surface area contributed by atoms with Crippen LogP contribution in [0.5, 0.6) is 0 Å². The van der Waals surface area contributed by atoms with Gasteiger partial charge in [0.25, 0.3) is 0 Å². The van der Waals surface area contributed by atoms with E-state index in [4.69, 9.17) is 17.3 Å². The molecule has 4 heteroatoms. The number of carbonyl (C=O) groups is 1. The van der Waals surface area contributed by atoms with E-state index in [9.17, 15) is 4.79 Å². The van der Waals surface area contributed by atoms with Gasteiger partial charge in [-0.15, -0.1) is 0 Å². The molecule has 3 nitrogen and oxygen atoms in total. The predicted molar refractivity (Wildman–Crippen MR) is 75.7 cm³/mol. The van der Waals surface area contributed by atoms with Crippen molar-refractivity contribution in [2.75, 3.05) is 6.54 Å². The van der Waals surface area contributed by atoms with E-state index >= 15 is 0 Å². The minimum absolute atomic E-state index is 0.00599. The van der Waals surface area contributed by atoms with Gasteiger partial charge in [-0.3, -0.25) is 4.79 Å². The Morgan fingerprint density at radius 3 is 2.28 bits per heavy atom. The minimum Gasteiger partial charge on any atom is -0.349 e. The maximum absolute atomic E-state index is 12.0. The van der Waals surface area contributed by atoms with Gasteiger partial charge in [0.1, 0.15) is 0 Å². The number of nitrogens with two attached hydrogens (primary N) is 1. The van der Waals surface area contributed by atoms with Gasteiger partial charge in [0, 0.05) is 11.6 Å². The Morgan fingerprint density at radius 2 is 1.83 bits per heavy atom. The van der Waals surface area contributed by atoms with E-state index in [1.54, 1.807) is 12.1 Å². The van der Waals surface area contributed by atoms with Crippen molar-refractivity contribution in [2.24, 2.45) is 5.73 Å². The first-order valence-corrected chi connectivity index (χ1v) is 6.68. The monoisotopic (exact) mass is 268 g/mol. The molecule has 0 aliphatic rings. The molecule has 1 aromatic rings. The molecule has 0 atom stereocenters. The highest BCUT2D eigenvalue weighted by Gasteiger charge is 2.25. The number of halogens is 1. The van der Waals surface area contributed by atoms with Gasteiger partial charge in [-0.1, -0.05) is 37.6 Å². The summed E-state index contributed by atoms with van der Waals surface area (Å²) in [7, 11) is 0. The molecule has 0 fully saturated rings. The van der Waals surface area contributed by atoms with Crippen LogP contribution in [0.15, 0.2) is 24.3 Å². The van der Waals surface area contributed by atoms with Gasteiger partial charge in [-0.2, -0.15) is 0 Å². The van der Waals surface area contributed by atoms with Gasteiger partial charge in [0.05, 0.1) is 12.0 Å². The van der Waals surface area contributed by atoms with Crippen LogP contribution in [0.2, 0.25) is 5.02 Å². The summed E-state index contributed by atoms with van der Waals surface area (Å²) >= 11 is 5.80. The highest BCUT2D eigenvalue weighted by molar-refractivity contribution is 6.30. The summed E-state index contributed by atoms with van der Waals surface area (Å²) in [5.41, 5.74) is 6.44. The molecule has 0 saturated heterocycles. The Morgan fingerprint density at radius 1 is 1.28 bits per heavy atom. The van der Waals surface area contributed by atoms with Gasteiger partial charge in [-0.25, -0.2) is 0 Å². The highest BCUT2D eigenvalue weighted by Crippen LogP contribution is 2.14. The van der Waals surface area contributed by atoms with Crippen LogP contribution < -0.4 is 11.1 Å². The molecule has 1 aromatic carbocycles. The average molecular weight is 269 g/mol. The fraction of sp³-hybridized carbons (Fsp3) is 0.500. The van der Waals surface area contributed by atoms with Gasteiger partial charge in [-0.05, 0) is 30.5 Å². The number of rotatable bonds is 6. The molecule has 0 spiro atoms. The molecular weight excluding hydrogens is 248 g/mol. The quantitative estimate of drug-likeness (QED) is 0.833. The van der Waals surface area contributed by atoms with E-state index in [1.165, 1.54) is 0 Å². The molecule has 0 bridgehead atoms. The first-order valence-electron chi connectivity index (χ1n) is 6.30. The van der Waals surface area contributed by atoms with Crippen LogP contribution in [-0.4, -0.2) is 18.0 Å². The molecule has 1 rings (SSSR count). The number of benzene rings is 1. The normalized spacial score (nSPS) is 11.3. The summed E-state index contributed by atoms with van der Waals surface area (Å²) in [5.74, 6) is 0.00599. The van der Waals surface area contributed by atoms with E-state index in [0.29, 0.717) is 18.0 Å². The lowest BCUT2D eigenvalue weighted by atomic mass is 9.92. The van der Waals surface area contributed by atoms with E-state index < -0.39 is 0 Å². The minimum atomic E-state index is -0.274.